The molecular formula is C28H25BrN4O2S. The first-order valence-corrected chi connectivity index (χ1v) is 12.8. The fourth-order valence-corrected chi connectivity index (χ4v) is 5.56. The number of nitrogens with one attached hydrogen (secondary N) is 1. The van der Waals surface area contributed by atoms with Gasteiger partial charge in [-0.15, -0.1) is 0 Å². The van der Waals surface area contributed by atoms with Crippen molar-refractivity contribution in [3.8, 4) is 5.69 Å². The molecule has 1 fully saturated rings. The van der Waals surface area contributed by atoms with Gasteiger partial charge in [-0.1, -0.05) is 22.0 Å². The van der Waals surface area contributed by atoms with Crippen LogP contribution in [0.1, 0.15) is 50.7 Å². The summed E-state index contributed by atoms with van der Waals surface area (Å²) < 4.78 is 3.20. The van der Waals surface area contributed by atoms with Gasteiger partial charge in [0.2, 0.25) is 0 Å². The number of carboxylic acid groups (broad SMARTS) is 1. The number of anilines is 1. The van der Waals surface area contributed by atoms with Gasteiger partial charge in [0.1, 0.15) is 0 Å². The van der Waals surface area contributed by atoms with Crippen molar-refractivity contribution in [2.24, 2.45) is 0 Å². The lowest BCUT2D eigenvalue weighted by Gasteiger charge is -2.28. The lowest BCUT2D eigenvalue weighted by atomic mass is 9.96. The van der Waals surface area contributed by atoms with Crippen LogP contribution in [0.3, 0.4) is 0 Å². The topological polar surface area (TPSA) is 70.4 Å². The monoisotopic (exact) mass is 560 g/mol. The van der Waals surface area contributed by atoms with Gasteiger partial charge in [-0.2, -0.15) is 0 Å². The zero-order valence-electron chi connectivity index (χ0n) is 20.1. The normalized spacial score (nSPS) is 17.3. The van der Waals surface area contributed by atoms with Crippen LogP contribution in [0.2, 0.25) is 0 Å². The van der Waals surface area contributed by atoms with E-state index in [9.17, 15) is 9.90 Å². The average molecular weight is 562 g/mol. The number of benzene rings is 2. The van der Waals surface area contributed by atoms with Crippen molar-refractivity contribution >= 4 is 44.9 Å². The number of nitrogens with zero attached hydrogens (tertiary/aromatic N) is 3. The SMILES string of the molecule is Cc1cc(N2C(=S)N[C@@H](c3ccccn3)[C@@H]2c2cc(C)n(-c3ccc(C(=O)O)cc3)c2C)ccc1Br. The fraction of sp³-hybridized carbons (Fsp3) is 0.179. The van der Waals surface area contributed by atoms with Crippen molar-refractivity contribution in [2.75, 3.05) is 4.90 Å². The van der Waals surface area contributed by atoms with Crippen molar-refractivity contribution in [3.63, 3.8) is 0 Å². The molecule has 3 heterocycles. The molecule has 0 aliphatic carbocycles. The number of carboxylic acids is 1. The Kier molecular flexibility index (Phi) is 6.40. The molecule has 0 saturated carbocycles. The number of pyridine rings is 1. The zero-order chi connectivity index (χ0) is 25.6. The highest BCUT2D eigenvalue weighted by Crippen LogP contribution is 2.44. The number of aryl methyl sites for hydroxylation is 2. The quantitative estimate of drug-likeness (QED) is 0.274. The number of halogens is 1. The van der Waals surface area contributed by atoms with E-state index in [0.29, 0.717) is 5.11 Å². The summed E-state index contributed by atoms with van der Waals surface area (Å²) in [7, 11) is 0. The third-order valence-corrected chi connectivity index (χ3v) is 7.88. The first kappa shape index (κ1) is 24.2. The lowest BCUT2D eigenvalue weighted by molar-refractivity contribution is 0.0697. The summed E-state index contributed by atoms with van der Waals surface area (Å²) in [6.07, 6.45) is 1.80. The van der Waals surface area contributed by atoms with Crippen molar-refractivity contribution < 1.29 is 9.90 Å². The Morgan fingerprint density at radius 1 is 1.03 bits per heavy atom. The van der Waals surface area contributed by atoms with Crippen LogP contribution in [0, 0.1) is 20.8 Å². The van der Waals surface area contributed by atoms with E-state index in [1.807, 2.05) is 36.4 Å². The van der Waals surface area contributed by atoms with Gasteiger partial charge in [0.05, 0.1) is 23.3 Å². The molecule has 0 amide bonds. The Balaban J connectivity index is 1.66. The molecule has 1 aliphatic rings. The zero-order valence-corrected chi connectivity index (χ0v) is 22.5. The van der Waals surface area contributed by atoms with Crippen LogP contribution in [0.15, 0.2) is 77.4 Å². The Labute approximate surface area is 223 Å². The molecule has 0 radical (unpaired) electrons. The minimum atomic E-state index is -0.938. The number of hydrogen-bond donors (Lipinski definition) is 2. The van der Waals surface area contributed by atoms with Gasteiger partial charge in [-0.3, -0.25) is 4.98 Å². The molecule has 8 heteroatoms. The summed E-state index contributed by atoms with van der Waals surface area (Å²) in [4.78, 5) is 18.2. The maximum atomic E-state index is 11.3. The molecule has 5 rings (SSSR count). The maximum Gasteiger partial charge on any atom is 0.335 e. The van der Waals surface area contributed by atoms with Crippen LogP contribution < -0.4 is 10.2 Å². The predicted octanol–water partition coefficient (Wildman–Crippen LogP) is 6.44. The fourth-order valence-electron chi connectivity index (χ4n) is 4.97. The van der Waals surface area contributed by atoms with E-state index < -0.39 is 5.97 Å². The van der Waals surface area contributed by atoms with Gasteiger partial charge in [-0.25, -0.2) is 4.79 Å². The van der Waals surface area contributed by atoms with E-state index in [4.69, 9.17) is 12.2 Å². The molecule has 36 heavy (non-hydrogen) atoms. The van der Waals surface area contributed by atoms with Crippen LogP contribution in [0.4, 0.5) is 5.69 Å². The Hall–Kier alpha value is -3.49. The summed E-state index contributed by atoms with van der Waals surface area (Å²) in [6.45, 7) is 6.22. The van der Waals surface area contributed by atoms with E-state index in [-0.39, 0.29) is 17.6 Å². The highest BCUT2D eigenvalue weighted by atomic mass is 79.9. The van der Waals surface area contributed by atoms with Gasteiger partial charge < -0.3 is 19.9 Å². The van der Waals surface area contributed by atoms with Gasteiger partial charge in [0.25, 0.3) is 0 Å². The number of aromatic carboxylic acids is 1. The van der Waals surface area contributed by atoms with Crippen LogP contribution in [0.25, 0.3) is 5.69 Å². The molecule has 0 unspecified atom stereocenters. The van der Waals surface area contributed by atoms with Crippen LogP contribution in [-0.4, -0.2) is 25.7 Å². The van der Waals surface area contributed by atoms with Gasteiger partial charge >= 0.3 is 5.97 Å². The van der Waals surface area contributed by atoms with Crippen LogP contribution in [0.5, 0.6) is 0 Å². The minimum absolute atomic E-state index is 0.133. The lowest BCUT2D eigenvalue weighted by Crippen LogP contribution is -2.29. The molecule has 0 spiro atoms. The van der Waals surface area contributed by atoms with E-state index in [1.54, 1.807) is 18.3 Å². The standard InChI is InChI=1S/C28H25BrN4O2S/c1-16-14-21(11-12-23(16)29)33-26(25(31-28(33)36)24-6-4-5-13-30-24)22-15-17(2)32(18(22)3)20-9-7-19(8-10-20)27(34)35/h4-15,25-26H,1-3H3,(H,31,36)(H,34,35)/t25-,26-/m0/s1. The molecule has 6 nitrogen and oxygen atoms in total. The first-order chi connectivity index (χ1) is 17.3. The second kappa shape index (κ2) is 9.52. The molecule has 1 aliphatic heterocycles. The molecule has 2 N–H and O–H groups in total. The average Bonchev–Trinajstić information content (AvgIpc) is 3.36. The Bertz CT molecular complexity index is 1470. The summed E-state index contributed by atoms with van der Waals surface area (Å²) >= 11 is 9.49. The Morgan fingerprint density at radius 2 is 1.75 bits per heavy atom. The van der Waals surface area contributed by atoms with Gasteiger partial charge in [0, 0.05) is 33.4 Å². The molecule has 4 aromatic rings. The second-order valence-corrected chi connectivity index (χ2v) is 10.2. The van der Waals surface area contributed by atoms with E-state index >= 15 is 0 Å². The first-order valence-electron chi connectivity index (χ1n) is 11.6. The summed E-state index contributed by atoms with van der Waals surface area (Å²) in [5.41, 5.74) is 7.46. The van der Waals surface area contributed by atoms with Gasteiger partial charge in [-0.05, 0) is 105 Å². The molecule has 182 valence electrons. The number of rotatable bonds is 5. The molecule has 2 aromatic heterocycles. The number of aromatic nitrogens is 2. The maximum absolute atomic E-state index is 11.3. The highest BCUT2D eigenvalue weighted by molar-refractivity contribution is 9.10. The van der Waals surface area contributed by atoms with Crippen molar-refractivity contribution in [1.29, 1.82) is 0 Å². The van der Waals surface area contributed by atoms with Crippen LogP contribution in [-0.2, 0) is 0 Å². The van der Waals surface area contributed by atoms with Gasteiger partial charge in [0.15, 0.2) is 5.11 Å². The predicted molar refractivity (Wildman–Crippen MR) is 149 cm³/mol. The Morgan fingerprint density at radius 3 is 2.39 bits per heavy atom. The largest absolute Gasteiger partial charge is 0.478 e. The summed E-state index contributed by atoms with van der Waals surface area (Å²) in [5, 5.41) is 13.5. The second-order valence-electron chi connectivity index (χ2n) is 8.94. The summed E-state index contributed by atoms with van der Waals surface area (Å²) in [6, 6.07) is 21.0. The number of carbonyl (C=O) groups is 1. The third-order valence-electron chi connectivity index (χ3n) is 6.68. The third kappa shape index (κ3) is 4.20. The van der Waals surface area contributed by atoms with Crippen molar-refractivity contribution in [2.45, 2.75) is 32.9 Å². The molecular weight excluding hydrogens is 536 g/mol. The molecule has 1 saturated heterocycles. The molecule has 2 atom stereocenters. The smallest absolute Gasteiger partial charge is 0.335 e. The number of hydrogen-bond acceptors (Lipinski definition) is 3. The van der Waals surface area contributed by atoms with E-state index in [0.717, 1.165) is 44.1 Å². The minimum Gasteiger partial charge on any atom is -0.478 e. The molecule has 0 bridgehead atoms. The van der Waals surface area contributed by atoms with Crippen LogP contribution >= 0.6 is 28.1 Å². The molecule has 2 aromatic carbocycles. The van der Waals surface area contributed by atoms with Crippen molar-refractivity contribution in [3.05, 3.63) is 111 Å². The van der Waals surface area contributed by atoms with E-state index in [2.05, 4.69) is 74.7 Å². The number of thiocarbonyl (C=S) groups is 1. The summed E-state index contributed by atoms with van der Waals surface area (Å²) in [5.74, 6) is -0.938. The van der Waals surface area contributed by atoms with E-state index in [1.165, 1.54) is 0 Å². The van der Waals surface area contributed by atoms with Crippen molar-refractivity contribution in [1.82, 2.24) is 14.9 Å². The highest BCUT2D eigenvalue weighted by Gasteiger charge is 2.42.